The third-order valence-electron chi connectivity index (χ3n) is 2.92. The summed E-state index contributed by atoms with van der Waals surface area (Å²) in [6.07, 6.45) is -0.239. The van der Waals surface area contributed by atoms with Gasteiger partial charge in [0.1, 0.15) is 0 Å². The molecule has 1 aromatic heterocycles. The van der Waals surface area contributed by atoms with Crippen molar-refractivity contribution < 1.29 is 5.11 Å². The quantitative estimate of drug-likeness (QED) is 0.892. The molecule has 1 heterocycles. The maximum atomic E-state index is 10.3. The number of halogens is 3. The van der Waals surface area contributed by atoms with Gasteiger partial charge in [0, 0.05) is 23.5 Å². The largest absolute Gasteiger partial charge is 0.388 e. The molecule has 1 N–H and O–H groups in total. The van der Waals surface area contributed by atoms with Gasteiger partial charge >= 0.3 is 0 Å². The molecule has 0 spiro atoms. The Kier molecular flexibility index (Phi) is 4.56. The topological polar surface area (TPSA) is 38.0 Å². The summed E-state index contributed by atoms with van der Waals surface area (Å²) >= 11 is 15.4. The molecule has 0 fully saturated rings. The van der Waals surface area contributed by atoms with Gasteiger partial charge in [0.25, 0.3) is 0 Å². The van der Waals surface area contributed by atoms with Gasteiger partial charge in [-0.25, -0.2) is 0 Å². The maximum Gasteiger partial charge on any atom is 0.0846 e. The third-order valence-corrected chi connectivity index (χ3v) is 4.39. The summed E-state index contributed by atoms with van der Waals surface area (Å²) in [5, 5.41) is 15.6. The van der Waals surface area contributed by atoms with Crippen LogP contribution < -0.4 is 0 Å². The zero-order valence-electron chi connectivity index (χ0n) is 10.5. The standard InChI is InChI=1S/C13H13BrCl2N2O/c1-7-13(14)11(18(2)17-7)6-12(19)8-3-9(15)5-10(16)4-8/h3-5,12,19H,6H2,1-2H3. The molecular formula is C13H13BrCl2N2O. The monoisotopic (exact) mass is 362 g/mol. The second-order valence-electron chi connectivity index (χ2n) is 4.39. The van der Waals surface area contributed by atoms with Crippen LogP contribution in [-0.4, -0.2) is 14.9 Å². The van der Waals surface area contributed by atoms with E-state index in [1.165, 1.54) is 0 Å². The SMILES string of the molecule is Cc1nn(C)c(CC(O)c2cc(Cl)cc(Cl)c2)c1Br. The minimum Gasteiger partial charge on any atom is -0.388 e. The second-order valence-corrected chi connectivity index (χ2v) is 6.06. The fourth-order valence-electron chi connectivity index (χ4n) is 1.97. The molecular weight excluding hydrogens is 351 g/mol. The van der Waals surface area contributed by atoms with Crippen LogP contribution in [0.5, 0.6) is 0 Å². The van der Waals surface area contributed by atoms with Crippen LogP contribution in [0.4, 0.5) is 0 Å². The Morgan fingerprint density at radius 1 is 1.32 bits per heavy atom. The normalized spacial score (nSPS) is 12.7. The molecule has 6 heteroatoms. The zero-order valence-corrected chi connectivity index (χ0v) is 13.6. The minimum atomic E-state index is -0.678. The summed E-state index contributed by atoms with van der Waals surface area (Å²) in [5.74, 6) is 0. The van der Waals surface area contributed by atoms with Gasteiger partial charge in [-0.3, -0.25) is 4.68 Å². The van der Waals surface area contributed by atoms with Crippen LogP contribution in [0.2, 0.25) is 10.0 Å². The Morgan fingerprint density at radius 3 is 2.37 bits per heavy atom. The lowest BCUT2D eigenvalue weighted by Gasteiger charge is -2.12. The molecule has 0 radical (unpaired) electrons. The maximum absolute atomic E-state index is 10.3. The van der Waals surface area contributed by atoms with E-state index in [0.717, 1.165) is 15.9 Å². The summed E-state index contributed by atoms with van der Waals surface area (Å²) in [6.45, 7) is 1.91. The molecule has 2 rings (SSSR count). The van der Waals surface area contributed by atoms with E-state index in [4.69, 9.17) is 23.2 Å². The van der Waals surface area contributed by atoms with Crippen molar-refractivity contribution in [3.8, 4) is 0 Å². The van der Waals surface area contributed by atoms with E-state index in [0.29, 0.717) is 22.0 Å². The predicted molar refractivity (Wildman–Crippen MR) is 80.8 cm³/mol. The number of hydrogen-bond donors (Lipinski definition) is 1. The van der Waals surface area contributed by atoms with Gasteiger partial charge < -0.3 is 5.11 Å². The number of aliphatic hydroxyl groups is 1. The highest BCUT2D eigenvalue weighted by molar-refractivity contribution is 9.10. The summed E-state index contributed by atoms with van der Waals surface area (Å²) < 4.78 is 2.68. The van der Waals surface area contributed by atoms with Crippen LogP contribution in [0.3, 0.4) is 0 Å². The predicted octanol–water partition coefficient (Wildman–Crippen LogP) is 4.07. The molecule has 0 saturated heterocycles. The van der Waals surface area contributed by atoms with Crippen LogP contribution in [0.25, 0.3) is 0 Å². The van der Waals surface area contributed by atoms with E-state index in [9.17, 15) is 5.11 Å². The fraction of sp³-hybridized carbons (Fsp3) is 0.308. The molecule has 1 unspecified atom stereocenters. The van der Waals surface area contributed by atoms with Crippen molar-refractivity contribution in [2.24, 2.45) is 7.05 Å². The molecule has 0 aliphatic heterocycles. The molecule has 0 aliphatic carbocycles. The molecule has 0 saturated carbocycles. The van der Waals surface area contributed by atoms with Crippen LogP contribution in [0.1, 0.15) is 23.1 Å². The van der Waals surface area contributed by atoms with E-state index in [-0.39, 0.29) is 0 Å². The Labute approximate surface area is 130 Å². The van der Waals surface area contributed by atoms with Gasteiger partial charge in [-0.2, -0.15) is 5.10 Å². The van der Waals surface area contributed by atoms with Crippen LogP contribution in [0, 0.1) is 6.92 Å². The summed E-state index contributed by atoms with van der Waals surface area (Å²) in [4.78, 5) is 0. The van der Waals surface area contributed by atoms with Crippen molar-refractivity contribution in [1.29, 1.82) is 0 Å². The fourth-order valence-corrected chi connectivity index (χ4v) is 3.01. The Morgan fingerprint density at radius 2 is 1.89 bits per heavy atom. The zero-order chi connectivity index (χ0) is 14.2. The molecule has 19 heavy (non-hydrogen) atoms. The molecule has 2 aromatic rings. The first kappa shape index (κ1) is 14.9. The van der Waals surface area contributed by atoms with Crippen molar-refractivity contribution in [3.05, 3.63) is 49.7 Å². The van der Waals surface area contributed by atoms with Gasteiger partial charge in [-0.15, -0.1) is 0 Å². The van der Waals surface area contributed by atoms with E-state index in [2.05, 4.69) is 21.0 Å². The Hall–Kier alpha value is -0.550. The summed E-state index contributed by atoms with van der Waals surface area (Å²) in [5.41, 5.74) is 2.53. The second kappa shape index (κ2) is 5.83. The van der Waals surface area contributed by atoms with Gasteiger partial charge in [0.15, 0.2) is 0 Å². The first-order valence-electron chi connectivity index (χ1n) is 5.70. The van der Waals surface area contributed by atoms with Crippen molar-refractivity contribution >= 4 is 39.1 Å². The first-order chi connectivity index (χ1) is 8.88. The number of aliphatic hydroxyl groups excluding tert-OH is 1. The van der Waals surface area contributed by atoms with Gasteiger partial charge in [0.2, 0.25) is 0 Å². The van der Waals surface area contributed by atoms with Gasteiger partial charge in [-0.1, -0.05) is 23.2 Å². The molecule has 0 bridgehead atoms. The Balaban J connectivity index is 2.27. The van der Waals surface area contributed by atoms with Crippen LogP contribution in [0.15, 0.2) is 22.7 Å². The van der Waals surface area contributed by atoms with Crippen molar-refractivity contribution in [3.63, 3.8) is 0 Å². The molecule has 0 amide bonds. The average molecular weight is 364 g/mol. The summed E-state index contributed by atoms with van der Waals surface area (Å²) in [6, 6.07) is 5.08. The van der Waals surface area contributed by atoms with Crippen molar-refractivity contribution in [2.45, 2.75) is 19.4 Å². The highest BCUT2D eigenvalue weighted by atomic mass is 79.9. The summed E-state index contributed by atoms with van der Waals surface area (Å²) in [7, 11) is 1.85. The average Bonchev–Trinajstić information content (AvgIpc) is 2.54. The molecule has 1 atom stereocenters. The van der Waals surface area contributed by atoms with Crippen LogP contribution in [-0.2, 0) is 13.5 Å². The van der Waals surface area contributed by atoms with Crippen molar-refractivity contribution in [2.75, 3.05) is 0 Å². The lowest BCUT2D eigenvalue weighted by molar-refractivity contribution is 0.175. The molecule has 102 valence electrons. The smallest absolute Gasteiger partial charge is 0.0846 e. The lowest BCUT2D eigenvalue weighted by Crippen LogP contribution is -2.07. The third kappa shape index (κ3) is 3.31. The first-order valence-corrected chi connectivity index (χ1v) is 7.25. The minimum absolute atomic E-state index is 0.439. The number of benzene rings is 1. The van der Waals surface area contributed by atoms with Crippen LogP contribution >= 0.6 is 39.1 Å². The number of hydrogen-bond acceptors (Lipinski definition) is 2. The van der Waals surface area contributed by atoms with E-state index in [1.807, 2.05) is 14.0 Å². The van der Waals surface area contributed by atoms with Crippen molar-refractivity contribution in [1.82, 2.24) is 9.78 Å². The van der Waals surface area contributed by atoms with E-state index < -0.39 is 6.10 Å². The lowest BCUT2D eigenvalue weighted by atomic mass is 10.0. The number of aryl methyl sites for hydroxylation is 2. The number of nitrogens with zero attached hydrogens (tertiary/aromatic N) is 2. The highest BCUT2D eigenvalue weighted by Crippen LogP contribution is 2.28. The molecule has 3 nitrogen and oxygen atoms in total. The Bertz CT molecular complexity index is 593. The van der Waals surface area contributed by atoms with Gasteiger partial charge in [-0.05, 0) is 46.6 Å². The number of aromatic nitrogens is 2. The number of rotatable bonds is 3. The molecule has 0 aliphatic rings. The molecule has 1 aromatic carbocycles. The highest BCUT2D eigenvalue weighted by Gasteiger charge is 2.17. The van der Waals surface area contributed by atoms with E-state index >= 15 is 0 Å². The van der Waals surface area contributed by atoms with Gasteiger partial charge in [0.05, 0.1) is 22.0 Å². The van der Waals surface area contributed by atoms with E-state index in [1.54, 1.807) is 22.9 Å².